The number of nitrogens with one attached hydrogen (secondary N) is 2. The van der Waals surface area contributed by atoms with Crippen LogP contribution in [0.1, 0.15) is 30.4 Å². The second kappa shape index (κ2) is 9.35. The van der Waals surface area contributed by atoms with Gasteiger partial charge in [0.05, 0.1) is 0 Å². The minimum absolute atomic E-state index is 0.0354. The molecule has 0 aliphatic carbocycles. The van der Waals surface area contributed by atoms with Crippen LogP contribution < -0.4 is 10.6 Å². The lowest BCUT2D eigenvalue weighted by atomic mass is 9.93. The Bertz CT molecular complexity index is 815. The summed E-state index contributed by atoms with van der Waals surface area (Å²) in [5.74, 6) is -0.0780. The molecule has 2 N–H and O–H groups in total. The molecule has 3 rings (SSSR count). The van der Waals surface area contributed by atoms with Crippen molar-refractivity contribution in [3.8, 4) is 0 Å². The highest BCUT2D eigenvalue weighted by Crippen LogP contribution is 2.21. The number of hydrogen-bond acceptors (Lipinski definition) is 2. The summed E-state index contributed by atoms with van der Waals surface area (Å²) in [7, 11) is 0. The molecule has 2 aromatic rings. The number of carbonyl (C=O) groups excluding carboxylic acids is 2. The molecular formula is C22H26FN3O2. The van der Waals surface area contributed by atoms with E-state index in [0.717, 1.165) is 29.7 Å². The summed E-state index contributed by atoms with van der Waals surface area (Å²) in [6.45, 7) is 3.61. The Kier molecular flexibility index (Phi) is 6.63. The summed E-state index contributed by atoms with van der Waals surface area (Å²) >= 11 is 0. The van der Waals surface area contributed by atoms with Gasteiger partial charge in [-0.1, -0.05) is 29.8 Å². The molecule has 1 saturated heterocycles. The molecule has 28 heavy (non-hydrogen) atoms. The van der Waals surface area contributed by atoms with Gasteiger partial charge < -0.3 is 15.5 Å². The van der Waals surface area contributed by atoms with Gasteiger partial charge in [0.25, 0.3) is 0 Å². The highest BCUT2D eigenvalue weighted by molar-refractivity contribution is 5.89. The average Bonchev–Trinajstić information content (AvgIpc) is 2.69. The largest absolute Gasteiger partial charge is 0.352 e. The fourth-order valence-corrected chi connectivity index (χ4v) is 3.36. The van der Waals surface area contributed by atoms with E-state index in [-0.39, 0.29) is 23.7 Å². The Morgan fingerprint density at radius 2 is 1.82 bits per heavy atom. The predicted molar refractivity (Wildman–Crippen MR) is 107 cm³/mol. The topological polar surface area (TPSA) is 61.4 Å². The van der Waals surface area contributed by atoms with E-state index < -0.39 is 0 Å². The summed E-state index contributed by atoms with van der Waals surface area (Å²) in [6.07, 6.45) is 2.03. The number of halogens is 1. The SMILES string of the molecule is Cc1ccc(NC(=O)N2CCC(CC(=O)NCc3cccc(F)c3)CC2)cc1. The first-order valence-corrected chi connectivity index (χ1v) is 9.63. The molecule has 1 fully saturated rings. The fourth-order valence-electron chi connectivity index (χ4n) is 3.36. The Labute approximate surface area is 164 Å². The van der Waals surface area contributed by atoms with Crippen LogP contribution >= 0.6 is 0 Å². The van der Waals surface area contributed by atoms with Crippen LogP contribution in [-0.2, 0) is 11.3 Å². The number of nitrogens with zero attached hydrogens (tertiary/aromatic N) is 1. The van der Waals surface area contributed by atoms with Crippen LogP contribution in [-0.4, -0.2) is 29.9 Å². The van der Waals surface area contributed by atoms with Crippen LogP contribution in [0.4, 0.5) is 14.9 Å². The number of amides is 3. The second-order valence-electron chi connectivity index (χ2n) is 7.34. The van der Waals surface area contributed by atoms with E-state index in [0.29, 0.717) is 26.1 Å². The van der Waals surface area contributed by atoms with Gasteiger partial charge in [0.1, 0.15) is 5.82 Å². The summed E-state index contributed by atoms with van der Waals surface area (Å²) in [4.78, 5) is 26.3. The summed E-state index contributed by atoms with van der Waals surface area (Å²) in [6, 6.07) is 13.8. The Hall–Kier alpha value is -2.89. The number of piperidine rings is 1. The lowest BCUT2D eigenvalue weighted by molar-refractivity contribution is -0.122. The number of likely N-dealkylation sites (tertiary alicyclic amines) is 1. The average molecular weight is 383 g/mol. The molecule has 1 aliphatic rings. The van der Waals surface area contributed by atoms with Gasteiger partial charge in [0, 0.05) is 31.7 Å². The van der Waals surface area contributed by atoms with Crippen molar-refractivity contribution in [1.82, 2.24) is 10.2 Å². The van der Waals surface area contributed by atoms with Gasteiger partial charge in [-0.3, -0.25) is 4.79 Å². The number of hydrogen-bond donors (Lipinski definition) is 2. The molecule has 5 nitrogen and oxygen atoms in total. The smallest absolute Gasteiger partial charge is 0.321 e. The first-order chi connectivity index (χ1) is 13.5. The van der Waals surface area contributed by atoms with Crippen molar-refractivity contribution in [1.29, 1.82) is 0 Å². The monoisotopic (exact) mass is 383 g/mol. The summed E-state index contributed by atoms with van der Waals surface area (Å²) in [5.41, 5.74) is 2.68. The molecule has 3 amide bonds. The zero-order valence-corrected chi connectivity index (χ0v) is 16.1. The van der Waals surface area contributed by atoms with Crippen molar-refractivity contribution in [2.75, 3.05) is 18.4 Å². The molecule has 148 valence electrons. The second-order valence-corrected chi connectivity index (χ2v) is 7.34. The van der Waals surface area contributed by atoms with Crippen molar-refractivity contribution < 1.29 is 14.0 Å². The summed E-state index contributed by atoms with van der Waals surface area (Å²) < 4.78 is 13.2. The van der Waals surface area contributed by atoms with Crippen molar-refractivity contribution in [2.45, 2.75) is 32.7 Å². The lowest BCUT2D eigenvalue weighted by Crippen LogP contribution is -2.41. The third kappa shape index (κ3) is 5.81. The lowest BCUT2D eigenvalue weighted by Gasteiger charge is -2.31. The van der Waals surface area contributed by atoms with E-state index in [9.17, 15) is 14.0 Å². The number of benzene rings is 2. The van der Waals surface area contributed by atoms with Crippen molar-refractivity contribution in [3.63, 3.8) is 0 Å². The highest BCUT2D eigenvalue weighted by Gasteiger charge is 2.24. The Morgan fingerprint density at radius 1 is 1.11 bits per heavy atom. The zero-order valence-electron chi connectivity index (χ0n) is 16.1. The zero-order chi connectivity index (χ0) is 19.9. The fraction of sp³-hybridized carbons (Fsp3) is 0.364. The van der Waals surface area contributed by atoms with Crippen LogP contribution in [0.15, 0.2) is 48.5 Å². The molecular weight excluding hydrogens is 357 g/mol. The van der Waals surface area contributed by atoms with Crippen LogP contribution in [0.5, 0.6) is 0 Å². The van der Waals surface area contributed by atoms with Crippen molar-refractivity contribution in [2.24, 2.45) is 5.92 Å². The number of anilines is 1. The minimum atomic E-state index is -0.303. The molecule has 6 heteroatoms. The number of urea groups is 1. The maximum Gasteiger partial charge on any atom is 0.321 e. The van der Waals surface area contributed by atoms with E-state index in [1.807, 2.05) is 31.2 Å². The van der Waals surface area contributed by atoms with Gasteiger partial charge in [-0.05, 0) is 55.5 Å². The molecule has 0 radical (unpaired) electrons. The van der Waals surface area contributed by atoms with E-state index in [2.05, 4.69) is 10.6 Å². The molecule has 0 bridgehead atoms. The van der Waals surface area contributed by atoms with Crippen LogP contribution in [0.3, 0.4) is 0 Å². The normalized spacial score (nSPS) is 14.6. The van der Waals surface area contributed by atoms with Gasteiger partial charge in [0.2, 0.25) is 5.91 Å². The van der Waals surface area contributed by atoms with E-state index in [1.165, 1.54) is 12.1 Å². The van der Waals surface area contributed by atoms with Gasteiger partial charge in [-0.15, -0.1) is 0 Å². The molecule has 2 aromatic carbocycles. The molecule has 0 unspecified atom stereocenters. The third-order valence-electron chi connectivity index (χ3n) is 5.06. The van der Waals surface area contributed by atoms with Crippen molar-refractivity contribution in [3.05, 3.63) is 65.5 Å². The van der Waals surface area contributed by atoms with Gasteiger partial charge >= 0.3 is 6.03 Å². The van der Waals surface area contributed by atoms with Gasteiger partial charge in [-0.2, -0.15) is 0 Å². The van der Waals surface area contributed by atoms with E-state index in [1.54, 1.807) is 17.0 Å². The molecule has 1 aliphatic heterocycles. The Balaban J connectivity index is 1.39. The molecule has 0 saturated carbocycles. The summed E-state index contributed by atoms with van der Waals surface area (Å²) in [5, 5.41) is 5.76. The van der Waals surface area contributed by atoms with E-state index in [4.69, 9.17) is 0 Å². The molecule has 0 spiro atoms. The number of rotatable bonds is 5. The highest BCUT2D eigenvalue weighted by atomic mass is 19.1. The quantitative estimate of drug-likeness (QED) is 0.817. The molecule has 0 atom stereocenters. The number of carbonyl (C=O) groups is 2. The van der Waals surface area contributed by atoms with E-state index >= 15 is 0 Å². The van der Waals surface area contributed by atoms with Crippen LogP contribution in [0.25, 0.3) is 0 Å². The maximum absolute atomic E-state index is 13.2. The van der Waals surface area contributed by atoms with Crippen molar-refractivity contribution >= 4 is 17.6 Å². The first kappa shape index (κ1) is 19.9. The first-order valence-electron chi connectivity index (χ1n) is 9.63. The predicted octanol–water partition coefficient (Wildman–Crippen LogP) is 4.08. The molecule has 0 aromatic heterocycles. The Morgan fingerprint density at radius 3 is 2.50 bits per heavy atom. The van der Waals surface area contributed by atoms with Crippen LogP contribution in [0.2, 0.25) is 0 Å². The number of aryl methyl sites for hydroxylation is 1. The van der Waals surface area contributed by atoms with Gasteiger partial charge in [0.15, 0.2) is 0 Å². The van der Waals surface area contributed by atoms with Crippen LogP contribution in [0, 0.1) is 18.7 Å². The third-order valence-corrected chi connectivity index (χ3v) is 5.06. The maximum atomic E-state index is 13.2. The standard InChI is InChI=1S/C22H26FN3O2/c1-16-5-7-20(8-6-16)25-22(28)26-11-9-17(10-12-26)14-21(27)24-15-18-3-2-4-19(23)13-18/h2-8,13,17H,9-12,14-15H2,1H3,(H,24,27)(H,25,28). The minimum Gasteiger partial charge on any atom is -0.352 e. The van der Waals surface area contributed by atoms with Gasteiger partial charge in [-0.25, -0.2) is 9.18 Å². The molecule has 1 heterocycles.